The van der Waals surface area contributed by atoms with Crippen molar-refractivity contribution in [2.75, 3.05) is 25.5 Å². The molecule has 0 aliphatic carbocycles. The third-order valence-electron chi connectivity index (χ3n) is 5.35. The third-order valence-corrected chi connectivity index (χ3v) is 5.35. The molecule has 140 valence electrons. The second-order valence-electron chi connectivity index (χ2n) is 7.12. The molecule has 0 aromatic heterocycles. The standard InChI is InChI=1S/C21H23N3O3/c1-23-16-12-11-15(20(23)25)13-24(14-16)21(26)22-18-9-5-6-10-19(18)27-17-7-3-2-4-8-17/h2-10,15-16H,11-14H2,1H3,(H,22,26)/t15-,16+/m1/s1. The van der Waals surface area contributed by atoms with Crippen LogP contribution in [0.4, 0.5) is 10.5 Å². The van der Waals surface area contributed by atoms with Crippen molar-refractivity contribution in [1.29, 1.82) is 0 Å². The van der Waals surface area contributed by atoms with Crippen LogP contribution in [-0.4, -0.2) is 47.9 Å². The Kier molecular flexibility index (Phi) is 4.71. The number of para-hydroxylation sites is 3. The Morgan fingerprint density at radius 2 is 1.78 bits per heavy atom. The van der Waals surface area contributed by atoms with Crippen LogP contribution in [-0.2, 0) is 4.79 Å². The van der Waals surface area contributed by atoms with Gasteiger partial charge in [-0.1, -0.05) is 30.3 Å². The maximum atomic E-state index is 12.9. The summed E-state index contributed by atoms with van der Waals surface area (Å²) in [6.45, 7) is 1.03. The van der Waals surface area contributed by atoms with Gasteiger partial charge in [-0.25, -0.2) is 4.79 Å². The first kappa shape index (κ1) is 17.4. The van der Waals surface area contributed by atoms with Crippen LogP contribution in [0.15, 0.2) is 54.6 Å². The molecular weight excluding hydrogens is 342 g/mol. The number of carbonyl (C=O) groups is 2. The number of piperidine rings is 1. The molecular formula is C21H23N3O3. The van der Waals surface area contributed by atoms with Gasteiger partial charge in [0.05, 0.1) is 11.6 Å². The molecule has 3 aliphatic rings. The van der Waals surface area contributed by atoms with Crippen LogP contribution in [0.5, 0.6) is 11.5 Å². The van der Waals surface area contributed by atoms with Crippen LogP contribution in [0.1, 0.15) is 12.8 Å². The van der Waals surface area contributed by atoms with Gasteiger partial charge in [0.25, 0.3) is 0 Å². The first-order valence-electron chi connectivity index (χ1n) is 9.26. The lowest BCUT2D eigenvalue weighted by Gasteiger charge is -2.32. The molecule has 0 saturated carbocycles. The molecule has 2 atom stereocenters. The van der Waals surface area contributed by atoms with Crippen LogP contribution in [0.25, 0.3) is 0 Å². The van der Waals surface area contributed by atoms with Gasteiger partial charge in [0.2, 0.25) is 5.91 Å². The Balaban J connectivity index is 1.50. The maximum absolute atomic E-state index is 12.9. The molecule has 3 amide bonds. The average Bonchev–Trinajstić information content (AvgIpc) is 2.97. The van der Waals surface area contributed by atoms with Crippen molar-refractivity contribution in [3.8, 4) is 11.5 Å². The zero-order chi connectivity index (χ0) is 18.8. The van der Waals surface area contributed by atoms with Gasteiger partial charge < -0.3 is 19.9 Å². The van der Waals surface area contributed by atoms with Crippen molar-refractivity contribution in [3.05, 3.63) is 54.6 Å². The van der Waals surface area contributed by atoms with E-state index in [0.29, 0.717) is 30.3 Å². The van der Waals surface area contributed by atoms with Crippen molar-refractivity contribution in [3.63, 3.8) is 0 Å². The highest BCUT2D eigenvalue weighted by Gasteiger charge is 2.40. The number of hydrogen-bond donors (Lipinski definition) is 1. The third kappa shape index (κ3) is 3.60. The summed E-state index contributed by atoms with van der Waals surface area (Å²) >= 11 is 0. The Hall–Kier alpha value is -3.02. The Labute approximate surface area is 158 Å². The fourth-order valence-corrected chi connectivity index (χ4v) is 3.79. The van der Waals surface area contributed by atoms with E-state index < -0.39 is 0 Å². The highest BCUT2D eigenvalue weighted by molar-refractivity contribution is 5.92. The molecule has 2 aromatic rings. The molecule has 0 radical (unpaired) electrons. The number of amides is 3. The number of rotatable bonds is 3. The number of nitrogens with zero attached hydrogens (tertiary/aromatic N) is 2. The highest BCUT2D eigenvalue weighted by Crippen LogP contribution is 2.31. The number of carbonyl (C=O) groups excluding carboxylic acids is 2. The lowest BCUT2D eigenvalue weighted by molar-refractivity contribution is -0.138. The van der Waals surface area contributed by atoms with Gasteiger partial charge in [-0.05, 0) is 37.1 Å². The van der Waals surface area contributed by atoms with Gasteiger partial charge in [0.15, 0.2) is 5.75 Å². The number of anilines is 1. The van der Waals surface area contributed by atoms with Gasteiger partial charge >= 0.3 is 6.03 Å². The zero-order valence-electron chi connectivity index (χ0n) is 15.3. The molecule has 2 bridgehead atoms. The monoisotopic (exact) mass is 365 g/mol. The van der Waals surface area contributed by atoms with Crippen molar-refractivity contribution in [1.82, 2.24) is 9.80 Å². The summed E-state index contributed by atoms with van der Waals surface area (Å²) in [6.07, 6.45) is 1.80. The van der Waals surface area contributed by atoms with Gasteiger partial charge in [0.1, 0.15) is 5.75 Å². The predicted octanol–water partition coefficient (Wildman–Crippen LogP) is 3.56. The summed E-state index contributed by atoms with van der Waals surface area (Å²) < 4.78 is 5.92. The number of benzene rings is 2. The minimum absolute atomic E-state index is 0.0952. The zero-order valence-corrected chi connectivity index (χ0v) is 15.3. The second-order valence-corrected chi connectivity index (χ2v) is 7.12. The molecule has 2 aromatic carbocycles. The van der Waals surface area contributed by atoms with Gasteiger partial charge in [-0.3, -0.25) is 4.79 Å². The topological polar surface area (TPSA) is 61.9 Å². The lowest BCUT2D eigenvalue weighted by Crippen LogP contribution is -2.45. The molecule has 6 nitrogen and oxygen atoms in total. The van der Waals surface area contributed by atoms with E-state index in [-0.39, 0.29) is 23.9 Å². The van der Waals surface area contributed by atoms with Crippen molar-refractivity contribution >= 4 is 17.6 Å². The van der Waals surface area contributed by atoms with Crippen LogP contribution >= 0.6 is 0 Å². The first-order valence-corrected chi connectivity index (χ1v) is 9.26. The maximum Gasteiger partial charge on any atom is 0.322 e. The minimum atomic E-state index is -0.195. The largest absolute Gasteiger partial charge is 0.455 e. The molecule has 3 fully saturated rings. The predicted molar refractivity (Wildman–Crippen MR) is 103 cm³/mol. The summed E-state index contributed by atoms with van der Waals surface area (Å²) in [7, 11) is 1.84. The molecule has 6 heteroatoms. The number of ether oxygens (including phenoxy) is 1. The first-order chi connectivity index (χ1) is 13.1. The van der Waals surface area contributed by atoms with Crippen molar-refractivity contribution in [2.24, 2.45) is 5.92 Å². The molecule has 3 saturated heterocycles. The Bertz CT molecular complexity index is 840. The van der Waals surface area contributed by atoms with E-state index >= 15 is 0 Å². The van der Waals surface area contributed by atoms with Crippen molar-refractivity contribution in [2.45, 2.75) is 18.9 Å². The van der Waals surface area contributed by atoms with Gasteiger partial charge in [0, 0.05) is 26.2 Å². The quantitative estimate of drug-likeness (QED) is 0.905. The molecule has 1 N–H and O–H groups in total. The lowest BCUT2D eigenvalue weighted by atomic mass is 9.95. The number of fused-ring (bicyclic) bond motifs is 4. The van der Waals surface area contributed by atoms with Crippen LogP contribution < -0.4 is 10.1 Å². The van der Waals surface area contributed by atoms with Crippen molar-refractivity contribution < 1.29 is 14.3 Å². The summed E-state index contributed by atoms with van der Waals surface area (Å²) in [6, 6.07) is 16.7. The van der Waals surface area contributed by atoms with E-state index in [0.717, 1.165) is 12.8 Å². The van der Waals surface area contributed by atoms with E-state index in [1.54, 1.807) is 9.80 Å². The summed E-state index contributed by atoms with van der Waals surface area (Å²) in [5.74, 6) is 1.34. The minimum Gasteiger partial charge on any atom is -0.455 e. The normalized spacial score (nSPS) is 21.7. The molecule has 0 unspecified atom stereocenters. The van der Waals surface area contributed by atoms with E-state index in [2.05, 4.69) is 5.32 Å². The number of hydrogen-bond acceptors (Lipinski definition) is 3. The van der Waals surface area contributed by atoms with Crippen LogP contribution in [0.2, 0.25) is 0 Å². The number of likely N-dealkylation sites (N-methyl/N-ethyl adjacent to an activating group) is 1. The molecule has 0 spiro atoms. The van der Waals surface area contributed by atoms with E-state index in [1.165, 1.54) is 0 Å². The van der Waals surface area contributed by atoms with E-state index in [9.17, 15) is 9.59 Å². The average molecular weight is 365 g/mol. The molecule has 3 aliphatic heterocycles. The van der Waals surface area contributed by atoms with Gasteiger partial charge in [-0.2, -0.15) is 0 Å². The molecule has 3 heterocycles. The van der Waals surface area contributed by atoms with E-state index in [1.807, 2.05) is 61.6 Å². The van der Waals surface area contributed by atoms with E-state index in [4.69, 9.17) is 4.74 Å². The van der Waals surface area contributed by atoms with Crippen LogP contribution in [0, 0.1) is 5.92 Å². The highest BCUT2D eigenvalue weighted by atomic mass is 16.5. The number of urea groups is 1. The summed E-state index contributed by atoms with van der Waals surface area (Å²) in [5.41, 5.74) is 0.614. The summed E-state index contributed by atoms with van der Waals surface area (Å²) in [4.78, 5) is 28.8. The Morgan fingerprint density at radius 3 is 2.59 bits per heavy atom. The Morgan fingerprint density at radius 1 is 1.04 bits per heavy atom. The van der Waals surface area contributed by atoms with Gasteiger partial charge in [-0.15, -0.1) is 0 Å². The summed E-state index contributed by atoms with van der Waals surface area (Å²) in [5, 5.41) is 2.96. The van der Waals surface area contributed by atoms with Crippen LogP contribution in [0.3, 0.4) is 0 Å². The smallest absolute Gasteiger partial charge is 0.322 e. The molecule has 5 rings (SSSR count). The molecule has 27 heavy (non-hydrogen) atoms. The fourth-order valence-electron chi connectivity index (χ4n) is 3.79. The fraction of sp³-hybridized carbons (Fsp3) is 0.333. The second kappa shape index (κ2) is 7.31. The SMILES string of the molecule is CN1C(=O)[C@@H]2CC[C@H]1CN(C(=O)Nc1ccccc1Oc1ccccc1)C2. The number of nitrogens with one attached hydrogen (secondary N) is 1.